The first-order chi connectivity index (χ1) is 14.4. The number of carbonyl (C=O) groups is 2. The summed E-state index contributed by atoms with van der Waals surface area (Å²) in [5.41, 5.74) is 0.816. The van der Waals surface area contributed by atoms with Gasteiger partial charge in [-0.05, 0) is 36.4 Å². The summed E-state index contributed by atoms with van der Waals surface area (Å²) in [5.74, 6) is -0.559. The van der Waals surface area contributed by atoms with Gasteiger partial charge in [-0.25, -0.2) is 12.7 Å². The van der Waals surface area contributed by atoms with E-state index in [1.54, 1.807) is 36.4 Å². The SMILES string of the molecule is O=C(CCN1C(=O)c2ccccc2S1(=O)=O)NCc1nc(-c2ccc(Cl)cc2)no1. The maximum absolute atomic E-state index is 12.5. The first-order valence-electron chi connectivity index (χ1n) is 8.87. The van der Waals surface area contributed by atoms with E-state index in [4.69, 9.17) is 16.1 Å². The summed E-state index contributed by atoms with van der Waals surface area (Å²) in [4.78, 5) is 28.6. The van der Waals surface area contributed by atoms with Gasteiger partial charge in [-0.2, -0.15) is 4.98 Å². The van der Waals surface area contributed by atoms with E-state index < -0.39 is 21.8 Å². The van der Waals surface area contributed by atoms with Crippen molar-refractivity contribution in [3.63, 3.8) is 0 Å². The molecule has 1 aliphatic rings. The number of rotatable bonds is 6. The Bertz CT molecular complexity index is 1220. The summed E-state index contributed by atoms with van der Waals surface area (Å²) in [6, 6.07) is 12.8. The zero-order chi connectivity index (χ0) is 21.3. The number of hydrogen-bond acceptors (Lipinski definition) is 7. The fourth-order valence-corrected chi connectivity index (χ4v) is 4.66. The number of benzene rings is 2. The van der Waals surface area contributed by atoms with Crippen molar-refractivity contribution < 1.29 is 22.5 Å². The molecule has 154 valence electrons. The van der Waals surface area contributed by atoms with Crippen molar-refractivity contribution in [1.29, 1.82) is 0 Å². The number of sulfonamides is 1. The van der Waals surface area contributed by atoms with E-state index in [2.05, 4.69) is 15.5 Å². The van der Waals surface area contributed by atoms with E-state index in [9.17, 15) is 18.0 Å². The number of halogens is 1. The van der Waals surface area contributed by atoms with Gasteiger partial charge in [-0.1, -0.05) is 28.9 Å². The van der Waals surface area contributed by atoms with Crippen LogP contribution in [0.3, 0.4) is 0 Å². The zero-order valence-electron chi connectivity index (χ0n) is 15.4. The first kappa shape index (κ1) is 20.0. The van der Waals surface area contributed by atoms with Crippen LogP contribution in [-0.4, -0.2) is 41.2 Å². The quantitative estimate of drug-likeness (QED) is 0.615. The molecule has 11 heteroatoms. The Morgan fingerprint density at radius 3 is 2.60 bits per heavy atom. The molecule has 2 aromatic carbocycles. The van der Waals surface area contributed by atoms with Gasteiger partial charge in [-0.3, -0.25) is 9.59 Å². The van der Waals surface area contributed by atoms with Crippen LogP contribution in [0.2, 0.25) is 5.02 Å². The van der Waals surface area contributed by atoms with Gasteiger partial charge >= 0.3 is 0 Å². The summed E-state index contributed by atoms with van der Waals surface area (Å²) in [5, 5.41) is 6.99. The van der Waals surface area contributed by atoms with E-state index in [1.807, 2.05) is 0 Å². The lowest BCUT2D eigenvalue weighted by atomic mass is 10.2. The van der Waals surface area contributed by atoms with Gasteiger partial charge in [0.2, 0.25) is 17.6 Å². The molecule has 1 aromatic heterocycles. The minimum absolute atomic E-state index is 0.0274. The van der Waals surface area contributed by atoms with Crippen molar-refractivity contribution >= 4 is 33.4 Å². The van der Waals surface area contributed by atoms with Gasteiger partial charge in [0.1, 0.15) is 4.90 Å². The molecule has 0 atom stereocenters. The smallest absolute Gasteiger partial charge is 0.269 e. The van der Waals surface area contributed by atoms with Crippen molar-refractivity contribution in [3.05, 3.63) is 65.0 Å². The molecule has 30 heavy (non-hydrogen) atoms. The Balaban J connectivity index is 1.33. The third kappa shape index (κ3) is 3.79. The summed E-state index contributed by atoms with van der Waals surface area (Å²) in [7, 11) is -3.94. The average Bonchev–Trinajstić information content (AvgIpc) is 3.28. The predicted octanol–water partition coefficient (Wildman–Crippen LogP) is 2.24. The van der Waals surface area contributed by atoms with Gasteiger partial charge in [0.05, 0.1) is 12.1 Å². The van der Waals surface area contributed by atoms with Crippen LogP contribution in [0.4, 0.5) is 0 Å². The van der Waals surface area contributed by atoms with Crippen molar-refractivity contribution in [1.82, 2.24) is 19.8 Å². The van der Waals surface area contributed by atoms with Crippen molar-refractivity contribution in [2.45, 2.75) is 17.9 Å². The molecule has 0 radical (unpaired) electrons. The molecule has 2 amide bonds. The molecule has 2 heterocycles. The van der Waals surface area contributed by atoms with Gasteiger partial charge in [-0.15, -0.1) is 0 Å². The highest BCUT2D eigenvalue weighted by Gasteiger charge is 2.40. The van der Waals surface area contributed by atoms with Gasteiger partial charge in [0.25, 0.3) is 15.9 Å². The summed E-state index contributed by atoms with van der Waals surface area (Å²) in [6.07, 6.45) is -0.197. The molecule has 9 nitrogen and oxygen atoms in total. The van der Waals surface area contributed by atoms with Gasteiger partial charge in [0, 0.05) is 23.6 Å². The second-order valence-corrected chi connectivity index (χ2v) is 8.69. The Labute approximate surface area is 176 Å². The molecular weight excluding hydrogens is 432 g/mol. The monoisotopic (exact) mass is 446 g/mol. The molecule has 0 unspecified atom stereocenters. The highest BCUT2D eigenvalue weighted by Crippen LogP contribution is 2.29. The lowest BCUT2D eigenvalue weighted by molar-refractivity contribution is -0.121. The van der Waals surface area contributed by atoms with Gasteiger partial charge in [0.15, 0.2) is 0 Å². The minimum Gasteiger partial charge on any atom is -0.347 e. The van der Waals surface area contributed by atoms with Crippen LogP contribution in [0.1, 0.15) is 22.7 Å². The summed E-state index contributed by atoms with van der Waals surface area (Å²) in [6.45, 7) is -0.290. The maximum Gasteiger partial charge on any atom is 0.269 e. The van der Waals surface area contributed by atoms with Crippen LogP contribution in [0.25, 0.3) is 11.4 Å². The first-order valence-corrected chi connectivity index (χ1v) is 10.7. The third-order valence-corrected chi connectivity index (χ3v) is 6.55. The highest BCUT2D eigenvalue weighted by atomic mass is 35.5. The van der Waals surface area contributed by atoms with E-state index >= 15 is 0 Å². The Morgan fingerprint density at radius 2 is 1.87 bits per heavy atom. The second kappa shape index (κ2) is 7.88. The molecule has 4 rings (SSSR count). The number of amides is 2. The summed E-state index contributed by atoms with van der Waals surface area (Å²) < 4.78 is 30.8. The molecule has 0 spiro atoms. The normalized spacial score (nSPS) is 14.6. The fraction of sp³-hybridized carbons (Fsp3) is 0.158. The molecule has 3 aromatic rings. The topological polar surface area (TPSA) is 122 Å². The molecule has 0 fully saturated rings. The lowest BCUT2D eigenvalue weighted by Gasteiger charge is -2.14. The molecule has 0 saturated heterocycles. The number of aromatic nitrogens is 2. The fourth-order valence-electron chi connectivity index (χ4n) is 2.96. The predicted molar refractivity (Wildman–Crippen MR) is 106 cm³/mol. The number of fused-ring (bicyclic) bond motifs is 1. The van der Waals surface area contributed by atoms with Crippen LogP contribution in [0, 0.1) is 0 Å². The number of hydrogen-bond donors (Lipinski definition) is 1. The number of carbonyl (C=O) groups excluding carboxylic acids is 2. The van der Waals surface area contributed by atoms with E-state index in [-0.39, 0.29) is 35.9 Å². The summed E-state index contributed by atoms with van der Waals surface area (Å²) >= 11 is 5.84. The molecule has 1 aliphatic heterocycles. The standard InChI is InChI=1S/C19H15ClN4O5S/c20-13-7-5-12(6-8-13)18-22-17(29-23-18)11-21-16(25)9-10-24-19(26)14-3-1-2-4-15(14)30(24,27)28/h1-8H,9-11H2,(H,21,25). The van der Waals surface area contributed by atoms with Crippen LogP contribution in [-0.2, 0) is 21.4 Å². The molecule has 0 bridgehead atoms. The third-order valence-electron chi connectivity index (χ3n) is 4.46. The van der Waals surface area contributed by atoms with Crippen molar-refractivity contribution in [3.8, 4) is 11.4 Å². The molecule has 0 saturated carbocycles. The second-order valence-electron chi connectivity index (χ2n) is 6.42. The zero-order valence-corrected chi connectivity index (χ0v) is 17.0. The molecule has 1 N–H and O–H groups in total. The average molecular weight is 447 g/mol. The highest BCUT2D eigenvalue weighted by molar-refractivity contribution is 7.90. The maximum atomic E-state index is 12.5. The van der Waals surface area contributed by atoms with Crippen LogP contribution < -0.4 is 5.32 Å². The van der Waals surface area contributed by atoms with Crippen LogP contribution >= 0.6 is 11.6 Å². The Morgan fingerprint density at radius 1 is 1.13 bits per heavy atom. The van der Waals surface area contributed by atoms with E-state index in [0.717, 1.165) is 0 Å². The Kier molecular flexibility index (Phi) is 5.27. The minimum atomic E-state index is -3.94. The van der Waals surface area contributed by atoms with Gasteiger partial charge < -0.3 is 9.84 Å². The number of nitrogens with one attached hydrogen (secondary N) is 1. The Hall–Kier alpha value is -3.24. The molecular formula is C19H15ClN4O5S. The van der Waals surface area contributed by atoms with Crippen LogP contribution in [0.15, 0.2) is 57.9 Å². The van der Waals surface area contributed by atoms with Crippen molar-refractivity contribution in [2.75, 3.05) is 6.54 Å². The van der Waals surface area contributed by atoms with Crippen molar-refractivity contribution in [2.24, 2.45) is 0 Å². The van der Waals surface area contributed by atoms with Crippen LogP contribution in [0.5, 0.6) is 0 Å². The lowest BCUT2D eigenvalue weighted by Crippen LogP contribution is -2.34. The van der Waals surface area contributed by atoms with E-state index in [0.29, 0.717) is 20.7 Å². The molecule has 0 aliphatic carbocycles. The largest absolute Gasteiger partial charge is 0.347 e. The van der Waals surface area contributed by atoms with E-state index in [1.165, 1.54) is 12.1 Å². The number of nitrogens with zero attached hydrogens (tertiary/aromatic N) is 3.